The summed E-state index contributed by atoms with van der Waals surface area (Å²) in [4.78, 5) is 2.53. The predicted octanol–water partition coefficient (Wildman–Crippen LogP) is 1.90. The number of ether oxygens (including phenoxy) is 3. The molecule has 3 rings (SSSR count). The van der Waals surface area contributed by atoms with Gasteiger partial charge in [-0.05, 0) is 37.9 Å². The zero-order valence-corrected chi connectivity index (χ0v) is 13.7. The second-order valence-electron chi connectivity index (χ2n) is 6.13. The van der Waals surface area contributed by atoms with Gasteiger partial charge in [-0.3, -0.25) is 4.90 Å². The van der Waals surface area contributed by atoms with Gasteiger partial charge in [0, 0.05) is 24.7 Å². The first kappa shape index (κ1) is 15.4. The molecule has 0 radical (unpaired) electrons. The van der Waals surface area contributed by atoms with E-state index in [4.69, 9.17) is 14.2 Å². The molecule has 0 bridgehead atoms. The molecule has 5 nitrogen and oxygen atoms in total. The third-order valence-electron chi connectivity index (χ3n) is 4.92. The van der Waals surface area contributed by atoms with E-state index < -0.39 is 0 Å². The van der Waals surface area contributed by atoms with Crippen molar-refractivity contribution in [2.45, 2.75) is 25.4 Å². The molecule has 22 heavy (non-hydrogen) atoms. The van der Waals surface area contributed by atoms with Gasteiger partial charge >= 0.3 is 0 Å². The van der Waals surface area contributed by atoms with Crippen LogP contribution in [0.25, 0.3) is 0 Å². The quantitative estimate of drug-likeness (QED) is 0.900. The molecule has 122 valence electrons. The molecule has 1 N–H and O–H groups in total. The predicted molar refractivity (Wildman–Crippen MR) is 85.9 cm³/mol. The van der Waals surface area contributed by atoms with E-state index in [0.717, 1.165) is 42.9 Å². The van der Waals surface area contributed by atoms with Gasteiger partial charge in [0.05, 0.1) is 21.3 Å². The fraction of sp³-hybridized carbons (Fsp3) is 0.647. The number of rotatable bonds is 5. The van der Waals surface area contributed by atoms with E-state index in [0.29, 0.717) is 11.5 Å². The molecule has 2 saturated heterocycles. The summed E-state index contributed by atoms with van der Waals surface area (Å²) >= 11 is 0. The number of nitrogens with one attached hydrogen (secondary N) is 1. The maximum absolute atomic E-state index is 5.59. The number of piperidine rings is 1. The maximum Gasteiger partial charge on any atom is 0.203 e. The zero-order valence-electron chi connectivity index (χ0n) is 13.7. The molecule has 2 aliphatic rings. The Morgan fingerprint density at radius 3 is 2.64 bits per heavy atom. The van der Waals surface area contributed by atoms with Crippen molar-refractivity contribution in [3.63, 3.8) is 0 Å². The number of nitrogens with zero attached hydrogens (tertiary/aromatic N) is 1. The molecule has 2 fully saturated rings. The second kappa shape index (κ2) is 6.75. The van der Waals surface area contributed by atoms with Crippen LogP contribution in [0.5, 0.6) is 17.2 Å². The van der Waals surface area contributed by atoms with E-state index in [1.807, 2.05) is 6.07 Å². The molecule has 0 spiro atoms. The Morgan fingerprint density at radius 2 is 1.91 bits per heavy atom. The Morgan fingerprint density at radius 1 is 1.09 bits per heavy atom. The highest BCUT2D eigenvalue weighted by Gasteiger charge is 2.32. The number of hydrogen-bond donors (Lipinski definition) is 1. The van der Waals surface area contributed by atoms with Gasteiger partial charge < -0.3 is 19.5 Å². The second-order valence-corrected chi connectivity index (χ2v) is 6.13. The minimum absolute atomic E-state index is 0.680. The van der Waals surface area contributed by atoms with E-state index in [1.165, 1.54) is 19.4 Å². The van der Waals surface area contributed by atoms with Crippen LogP contribution in [0, 0.1) is 5.92 Å². The van der Waals surface area contributed by atoms with Crippen LogP contribution in [-0.4, -0.2) is 51.9 Å². The summed E-state index contributed by atoms with van der Waals surface area (Å²) in [6.45, 7) is 4.36. The Balaban J connectivity index is 1.77. The first-order valence-corrected chi connectivity index (χ1v) is 8.00. The van der Waals surface area contributed by atoms with E-state index in [2.05, 4.69) is 16.3 Å². The molecule has 2 atom stereocenters. The summed E-state index contributed by atoms with van der Waals surface area (Å²) in [6, 6.07) is 4.77. The number of hydrogen-bond acceptors (Lipinski definition) is 5. The van der Waals surface area contributed by atoms with Crippen LogP contribution < -0.4 is 19.5 Å². The summed E-state index contributed by atoms with van der Waals surface area (Å²) in [7, 11) is 4.99. The van der Waals surface area contributed by atoms with Gasteiger partial charge in [0.25, 0.3) is 0 Å². The average Bonchev–Trinajstić information content (AvgIpc) is 3.01. The van der Waals surface area contributed by atoms with Crippen LogP contribution in [-0.2, 0) is 6.54 Å². The molecule has 5 heteroatoms. The SMILES string of the molecule is COc1ccc(CN2CCC3NCCC3C2)c(OC)c1OC. The Labute approximate surface area is 132 Å². The number of benzene rings is 1. The molecular weight excluding hydrogens is 280 g/mol. The standard InChI is InChI=1S/C17H26N2O3/c1-20-15-5-4-13(16(21-2)17(15)22-3)11-19-9-7-14-12(10-19)6-8-18-14/h4-5,12,14,18H,6-11H2,1-3H3. The molecule has 2 heterocycles. The topological polar surface area (TPSA) is 43.0 Å². The highest BCUT2D eigenvalue weighted by Crippen LogP contribution is 2.40. The van der Waals surface area contributed by atoms with Crippen LogP contribution in [0.2, 0.25) is 0 Å². The van der Waals surface area contributed by atoms with Crippen LogP contribution >= 0.6 is 0 Å². The molecule has 0 amide bonds. The van der Waals surface area contributed by atoms with Gasteiger partial charge in [-0.2, -0.15) is 0 Å². The fourth-order valence-electron chi connectivity index (χ4n) is 3.80. The maximum atomic E-state index is 5.59. The average molecular weight is 306 g/mol. The van der Waals surface area contributed by atoms with Gasteiger partial charge in [0.1, 0.15) is 0 Å². The van der Waals surface area contributed by atoms with Crippen molar-refractivity contribution in [2.24, 2.45) is 5.92 Å². The van der Waals surface area contributed by atoms with E-state index in [1.54, 1.807) is 21.3 Å². The van der Waals surface area contributed by atoms with Gasteiger partial charge in [0.2, 0.25) is 5.75 Å². The third-order valence-corrected chi connectivity index (χ3v) is 4.92. The Bertz CT molecular complexity index is 521. The van der Waals surface area contributed by atoms with E-state index in [9.17, 15) is 0 Å². The van der Waals surface area contributed by atoms with Crippen molar-refractivity contribution in [1.82, 2.24) is 10.2 Å². The first-order chi connectivity index (χ1) is 10.8. The Kier molecular flexibility index (Phi) is 4.74. The highest BCUT2D eigenvalue weighted by molar-refractivity contribution is 5.55. The molecule has 0 aliphatic carbocycles. The highest BCUT2D eigenvalue weighted by atomic mass is 16.5. The monoisotopic (exact) mass is 306 g/mol. The number of methoxy groups -OCH3 is 3. The lowest BCUT2D eigenvalue weighted by Crippen LogP contribution is -2.43. The molecule has 0 saturated carbocycles. The minimum Gasteiger partial charge on any atom is -0.493 e. The third kappa shape index (κ3) is 2.88. The van der Waals surface area contributed by atoms with Crippen molar-refractivity contribution < 1.29 is 14.2 Å². The molecule has 2 unspecified atom stereocenters. The van der Waals surface area contributed by atoms with Crippen molar-refractivity contribution in [3.8, 4) is 17.2 Å². The lowest BCUT2D eigenvalue weighted by Gasteiger charge is -2.35. The number of fused-ring (bicyclic) bond motifs is 1. The first-order valence-electron chi connectivity index (χ1n) is 8.00. The lowest BCUT2D eigenvalue weighted by atomic mass is 9.93. The Hall–Kier alpha value is -1.46. The van der Waals surface area contributed by atoms with E-state index in [-0.39, 0.29) is 0 Å². The fourth-order valence-corrected chi connectivity index (χ4v) is 3.80. The normalized spacial score (nSPS) is 24.9. The smallest absolute Gasteiger partial charge is 0.203 e. The van der Waals surface area contributed by atoms with Crippen LogP contribution in [0.1, 0.15) is 18.4 Å². The molecule has 1 aromatic rings. The molecule has 0 aromatic heterocycles. The van der Waals surface area contributed by atoms with Crippen LogP contribution in [0.3, 0.4) is 0 Å². The summed E-state index contributed by atoms with van der Waals surface area (Å²) in [5, 5.41) is 3.61. The molecule has 2 aliphatic heterocycles. The largest absolute Gasteiger partial charge is 0.493 e. The molecular formula is C17H26N2O3. The van der Waals surface area contributed by atoms with Crippen LogP contribution in [0.15, 0.2) is 12.1 Å². The van der Waals surface area contributed by atoms with Crippen molar-refractivity contribution >= 4 is 0 Å². The van der Waals surface area contributed by atoms with Crippen molar-refractivity contribution in [2.75, 3.05) is 41.0 Å². The van der Waals surface area contributed by atoms with Crippen molar-refractivity contribution in [1.29, 1.82) is 0 Å². The van der Waals surface area contributed by atoms with Gasteiger partial charge in [-0.1, -0.05) is 6.07 Å². The number of likely N-dealkylation sites (tertiary alicyclic amines) is 1. The van der Waals surface area contributed by atoms with Crippen LogP contribution in [0.4, 0.5) is 0 Å². The van der Waals surface area contributed by atoms with Gasteiger partial charge in [0.15, 0.2) is 11.5 Å². The summed E-state index contributed by atoms with van der Waals surface area (Å²) in [5.74, 6) is 2.97. The zero-order chi connectivity index (χ0) is 15.5. The summed E-state index contributed by atoms with van der Waals surface area (Å²) in [6.07, 6.45) is 2.53. The van der Waals surface area contributed by atoms with Gasteiger partial charge in [-0.15, -0.1) is 0 Å². The van der Waals surface area contributed by atoms with E-state index >= 15 is 0 Å². The molecule has 1 aromatic carbocycles. The lowest BCUT2D eigenvalue weighted by molar-refractivity contribution is 0.154. The van der Waals surface area contributed by atoms with Crippen molar-refractivity contribution in [3.05, 3.63) is 17.7 Å². The minimum atomic E-state index is 0.680. The summed E-state index contributed by atoms with van der Waals surface area (Å²) in [5.41, 5.74) is 1.16. The van der Waals surface area contributed by atoms with Gasteiger partial charge in [-0.25, -0.2) is 0 Å². The summed E-state index contributed by atoms with van der Waals surface area (Å²) < 4.78 is 16.4.